The predicted molar refractivity (Wildman–Crippen MR) is 353 cm³/mol. The molecule has 0 aliphatic rings. The Hall–Kier alpha value is -1.85. The van der Waals surface area contributed by atoms with Crippen LogP contribution in [-0.2, 0) is 28.6 Å². The summed E-state index contributed by atoms with van der Waals surface area (Å²) in [5.41, 5.74) is 0. The molecule has 0 spiro atoms. The number of hydrogen-bond acceptors (Lipinski definition) is 6. The van der Waals surface area contributed by atoms with E-state index in [1.165, 1.54) is 334 Å². The van der Waals surface area contributed by atoms with E-state index in [0.29, 0.717) is 19.3 Å². The standard InChI is InChI=1S/C75H144O6/c1-4-7-10-13-16-18-20-22-24-26-28-30-31-32-33-34-35-36-37-38-39-40-41-42-43-45-46-48-50-52-54-56-59-62-65-68-74(77)80-71-72(70-79-73(76)67-64-61-58-15-12-9-6-3)81-75(78)69-66-63-60-57-55-53-51-49-47-44-29-27-25-23-21-19-17-14-11-8-5-2/h26,28,72H,4-25,27,29-71H2,1-3H3/b28-26-. The lowest BCUT2D eigenvalue weighted by molar-refractivity contribution is -0.167. The van der Waals surface area contributed by atoms with Gasteiger partial charge in [-0.2, -0.15) is 0 Å². The number of carbonyl (C=O) groups excluding carboxylic acids is 3. The highest BCUT2D eigenvalue weighted by Crippen LogP contribution is 2.20. The molecular weight excluding hydrogens is 997 g/mol. The van der Waals surface area contributed by atoms with Crippen molar-refractivity contribution < 1.29 is 28.6 Å². The van der Waals surface area contributed by atoms with Crippen LogP contribution in [0.5, 0.6) is 0 Å². The molecule has 0 radical (unpaired) electrons. The van der Waals surface area contributed by atoms with Crippen LogP contribution in [0, 0.1) is 0 Å². The molecule has 0 amide bonds. The highest BCUT2D eigenvalue weighted by molar-refractivity contribution is 5.71. The second-order valence-corrected chi connectivity index (χ2v) is 25.6. The van der Waals surface area contributed by atoms with Crippen LogP contribution in [0.2, 0.25) is 0 Å². The molecule has 1 atom stereocenters. The van der Waals surface area contributed by atoms with Gasteiger partial charge in [-0.15, -0.1) is 0 Å². The highest BCUT2D eigenvalue weighted by Gasteiger charge is 2.20. The van der Waals surface area contributed by atoms with E-state index in [0.717, 1.165) is 57.8 Å². The number of hydrogen-bond donors (Lipinski definition) is 0. The van der Waals surface area contributed by atoms with Crippen LogP contribution in [0.25, 0.3) is 0 Å². The normalized spacial score (nSPS) is 12.0. The Morgan fingerprint density at radius 1 is 0.235 bits per heavy atom. The topological polar surface area (TPSA) is 78.9 Å². The highest BCUT2D eigenvalue weighted by atomic mass is 16.6. The van der Waals surface area contributed by atoms with Crippen LogP contribution in [0.15, 0.2) is 12.2 Å². The second-order valence-electron chi connectivity index (χ2n) is 25.6. The summed E-state index contributed by atoms with van der Waals surface area (Å²) in [4.78, 5) is 38.2. The van der Waals surface area contributed by atoms with Gasteiger partial charge in [-0.1, -0.05) is 380 Å². The zero-order chi connectivity index (χ0) is 58.5. The van der Waals surface area contributed by atoms with Gasteiger partial charge in [-0.3, -0.25) is 14.4 Å². The van der Waals surface area contributed by atoms with E-state index in [4.69, 9.17) is 14.2 Å². The summed E-state index contributed by atoms with van der Waals surface area (Å²) in [5.74, 6) is -0.835. The Balaban J connectivity index is 3.91. The molecule has 0 rings (SSSR count). The van der Waals surface area contributed by atoms with Crippen molar-refractivity contribution in [1.82, 2.24) is 0 Å². The van der Waals surface area contributed by atoms with Gasteiger partial charge in [0.2, 0.25) is 0 Å². The predicted octanol–water partition coefficient (Wildman–Crippen LogP) is 25.6. The fraction of sp³-hybridized carbons (Fsp3) is 0.933. The molecule has 0 fully saturated rings. The third-order valence-corrected chi connectivity index (χ3v) is 17.3. The van der Waals surface area contributed by atoms with Crippen molar-refractivity contribution >= 4 is 17.9 Å². The SMILES string of the molecule is CCCCCCCCCC/C=C\CCCCCCCCCCCCCCCCCCCCCCCCCC(=O)OCC(COC(=O)CCCCCCCCC)OC(=O)CCCCCCCCCCCCCCCCCCCCCCC. The molecule has 0 aromatic rings. The second kappa shape index (κ2) is 70.6. The minimum absolute atomic E-state index is 0.0624. The van der Waals surface area contributed by atoms with Crippen molar-refractivity contribution in [3.63, 3.8) is 0 Å². The fourth-order valence-electron chi connectivity index (χ4n) is 11.7. The third kappa shape index (κ3) is 68.8. The fourth-order valence-corrected chi connectivity index (χ4v) is 11.7. The summed E-state index contributed by atoms with van der Waals surface area (Å²) in [5, 5.41) is 0. The van der Waals surface area contributed by atoms with Crippen molar-refractivity contribution in [2.24, 2.45) is 0 Å². The van der Waals surface area contributed by atoms with Crippen molar-refractivity contribution in [3.05, 3.63) is 12.2 Å². The number of unbranched alkanes of at least 4 members (excludes halogenated alkanes) is 57. The monoisotopic (exact) mass is 1140 g/mol. The molecule has 480 valence electrons. The molecule has 0 aromatic heterocycles. The van der Waals surface area contributed by atoms with E-state index < -0.39 is 6.10 Å². The molecular formula is C75H144O6. The maximum absolute atomic E-state index is 12.9. The summed E-state index contributed by atoms with van der Waals surface area (Å²) in [6, 6.07) is 0. The van der Waals surface area contributed by atoms with Crippen LogP contribution in [0.4, 0.5) is 0 Å². The number of allylic oxidation sites excluding steroid dienone is 2. The van der Waals surface area contributed by atoms with Crippen LogP contribution >= 0.6 is 0 Å². The van der Waals surface area contributed by atoms with Gasteiger partial charge in [0.05, 0.1) is 0 Å². The molecule has 0 saturated carbocycles. The Kier molecular flexibility index (Phi) is 69.0. The van der Waals surface area contributed by atoms with Gasteiger partial charge in [0.25, 0.3) is 0 Å². The van der Waals surface area contributed by atoms with E-state index in [2.05, 4.69) is 32.9 Å². The summed E-state index contributed by atoms with van der Waals surface area (Å²) >= 11 is 0. The largest absolute Gasteiger partial charge is 0.462 e. The van der Waals surface area contributed by atoms with Gasteiger partial charge in [0.1, 0.15) is 13.2 Å². The molecule has 0 aromatic carbocycles. The van der Waals surface area contributed by atoms with Crippen molar-refractivity contribution in [2.75, 3.05) is 13.2 Å². The first-order valence-electron chi connectivity index (χ1n) is 37.2. The smallest absolute Gasteiger partial charge is 0.306 e. The van der Waals surface area contributed by atoms with Gasteiger partial charge in [-0.05, 0) is 44.9 Å². The zero-order valence-electron chi connectivity index (χ0n) is 55.4. The number of esters is 3. The van der Waals surface area contributed by atoms with E-state index in [-0.39, 0.29) is 31.1 Å². The van der Waals surface area contributed by atoms with Gasteiger partial charge in [0, 0.05) is 19.3 Å². The third-order valence-electron chi connectivity index (χ3n) is 17.3. The summed E-state index contributed by atoms with van der Waals surface area (Å²) in [6.07, 6.45) is 85.9. The molecule has 0 bridgehead atoms. The minimum Gasteiger partial charge on any atom is -0.462 e. The van der Waals surface area contributed by atoms with E-state index in [1.807, 2.05) is 0 Å². The molecule has 6 nitrogen and oxygen atoms in total. The number of carbonyl (C=O) groups is 3. The lowest BCUT2D eigenvalue weighted by Gasteiger charge is -2.18. The molecule has 81 heavy (non-hydrogen) atoms. The zero-order valence-corrected chi connectivity index (χ0v) is 55.4. The van der Waals surface area contributed by atoms with Crippen molar-refractivity contribution in [3.8, 4) is 0 Å². The van der Waals surface area contributed by atoms with Gasteiger partial charge in [-0.25, -0.2) is 0 Å². The van der Waals surface area contributed by atoms with E-state index in [1.54, 1.807) is 0 Å². The van der Waals surface area contributed by atoms with Gasteiger partial charge in [0.15, 0.2) is 6.10 Å². The van der Waals surface area contributed by atoms with Crippen LogP contribution < -0.4 is 0 Å². The lowest BCUT2D eigenvalue weighted by atomic mass is 10.0. The molecule has 0 aliphatic carbocycles. The van der Waals surface area contributed by atoms with Crippen LogP contribution in [0.1, 0.15) is 432 Å². The first-order valence-corrected chi connectivity index (χ1v) is 37.2. The first kappa shape index (κ1) is 79.2. The number of ether oxygens (including phenoxy) is 3. The lowest BCUT2D eigenvalue weighted by Crippen LogP contribution is -2.30. The maximum Gasteiger partial charge on any atom is 0.306 e. The Morgan fingerprint density at radius 3 is 0.617 bits per heavy atom. The quantitative estimate of drug-likeness (QED) is 0.0261. The molecule has 0 aliphatic heterocycles. The van der Waals surface area contributed by atoms with Gasteiger partial charge < -0.3 is 14.2 Å². The van der Waals surface area contributed by atoms with Gasteiger partial charge >= 0.3 is 17.9 Å². The average Bonchev–Trinajstić information content (AvgIpc) is 3.47. The average molecular weight is 1140 g/mol. The van der Waals surface area contributed by atoms with E-state index in [9.17, 15) is 14.4 Å². The first-order chi connectivity index (χ1) is 40.0. The Morgan fingerprint density at radius 2 is 0.407 bits per heavy atom. The van der Waals surface area contributed by atoms with Crippen molar-refractivity contribution in [2.45, 2.75) is 438 Å². The Bertz CT molecular complexity index is 1260. The molecule has 0 N–H and O–H groups in total. The van der Waals surface area contributed by atoms with Crippen LogP contribution in [0.3, 0.4) is 0 Å². The molecule has 0 saturated heterocycles. The molecule has 6 heteroatoms. The summed E-state index contributed by atoms with van der Waals surface area (Å²) in [6.45, 7) is 6.68. The molecule has 0 heterocycles. The Labute approximate surface area is 507 Å². The van der Waals surface area contributed by atoms with Crippen molar-refractivity contribution in [1.29, 1.82) is 0 Å². The number of rotatable bonds is 70. The minimum atomic E-state index is -0.763. The molecule has 1 unspecified atom stereocenters. The summed E-state index contributed by atoms with van der Waals surface area (Å²) < 4.78 is 16.9. The summed E-state index contributed by atoms with van der Waals surface area (Å²) in [7, 11) is 0. The van der Waals surface area contributed by atoms with E-state index >= 15 is 0 Å². The van der Waals surface area contributed by atoms with Crippen LogP contribution in [-0.4, -0.2) is 37.2 Å². The maximum atomic E-state index is 12.9.